The molecule has 4 saturated carbocycles. The normalized spacial score (nSPS) is 52.9. The van der Waals surface area contributed by atoms with Gasteiger partial charge in [0.2, 0.25) is 0 Å². The maximum atomic E-state index is 12.4. The van der Waals surface area contributed by atoms with Gasteiger partial charge in [-0.25, -0.2) is 4.79 Å². The lowest BCUT2D eigenvalue weighted by atomic mass is 9.43. The number of rotatable bonds is 2. The van der Waals surface area contributed by atoms with Crippen LogP contribution in [0, 0.1) is 34.5 Å². The molecule has 5 nitrogen and oxygen atoms in total. The standard InChI is InChI=1S/C23H32O5/c1-21-7-5-18-19(3-2-15-11-16(25)4-8-22(15,18)13-24)23(21,27)9-6-17(21)14-10-20(26)28-12-14/h10,13,15-19,25,27H,2-9,11-12H2,1H3/t15-,16-,17+,18-,19+,21+,22+,23+/m0/s1. The second-order valence-corrected chi connectivity index (χ2v) is 10.4. The van der Waals surface area contributed by atoms with Crippen molar-refractivity contribution in [1.29, 1.82) is 0 Å². The number of aliphatic hydroxyl groups excluding tert-OH is 1. The Morgan fingerprint density at radius 1 is 1.11 bits per heavy atom. The highest BCUT2D eigenvalue weighted by atomic mass is 16.5. The molecule has 2 N–H and O–H groups in total. The van der Waals surface area contributed by atoms with Crippen molar-refractivity contribution >= 4 is 12.3 Å². The topological polar surface area (TPSA) is 83.8 Å². The third-order valence-corrected chi connectivity index (χ3v) is 9.74. The van der Waals surface area contributed by atoms with Gasteiger partial charge in [-0.1, -0.05) is 6.92 Å². The molecular formula is C23H32O5. The summed E-state index contributed by atoms with van der Waals surface area (Å²) in [5.41, 5.74) is -0.381. The molecule has 1 heterocycles. The summed E-state index contributed by atoms with van der Waals surface area (Å²) < 4.78 is 5.17. The predicted molar refractivity (Wildman–Crippen MR) is 102 cm³/mol. The Kier molecular flexibility index (Phi) is 4.13. The van der Waals surface area contributed by atoms with Gasteiger partial charge < -0.3 is 19.7 Å². The molecule has 5 rings (SSSR count). The van der Waals surface area contributed by atoms with Gasteiger partial charge in [0.15, 0.2) is 0 Å². The zero-order chi connectivity index (χ0) is 19.7. The molecule has 8 atom stereocenters. The Morgan fingerprint density at radius 3 is 2.64 bits per heavy atom. The van der Waals surface area contributed by atoms with Crippen LogP contribution in [0.1, 0.15) is 64.7 Å². The molecule has 0 saturated heterocycles. The van der Waals surface area contributed by atoms with Crippen LogP contribution in [0.15, 0.2) is 11.6 Å². The Bertz CT molecular complexity index is 731. The van der Waals surface area contributed by atoms with Crippen LogP contribution in [0.5, 0.6) is 0 Å². The summed E-state index contributed by atoms with van der Waals surface area (Å²) in [6.45, 7) is 2.57. The molecular weight excluding hydrogens is 356 g/mol. The molecule has 0 spiro atoms. The zero-order valence-corrected chi connectivity index (χ0v) is 16.7. The predicted octanol–water partition coefficient (Wildman–Crippen LogP) is 2.78. The van der Waals surface area contributed by atoms with E-state index in [-0.39, 0.29) is 46.6 Å². The van der Waals surface area contributed by atoms with Gasteiger partial charge in [-0.05, 0) is 87.0 Å². The van der Waals surface area contributed by atoms with Crippen molar-refractivity contribution < 1.29 is 24.5 Å². The van der Waals surface area contributed by atoms with Gasteiger partial charge >= 0.3 is 5.97 Å². The van der Waals surface area contributed by atoms with E-state index in [1.807, 2.05) is 0 Å². The van der Waals surface area contributed by atoms with Gasteiger partial charge in [-0.15, -0.1) is 0 Å². The van der Waals surface area contributed by atoms with Crippen molar-refractivity contribution in [2.75, 3.05) is 6.61 Å². The van der Waals surface area contributed by atoms with Crippen LogP contribution in [0.2, 0.25) is 0 Å². The first-order valence-electron chi connectivity index (χ1n) is 11.1. The molecule has 0 radical (unpaired) electrons. The van der Waals surface area contributed by atoms with Gasteiger partial charge in [0, 0.05) is 16.9 Å². The minimum atomic E-state index is -0.788. The molecule has 4 fully saturated rings. The minimum Gasteiger partial charge on any atom is -0.458 e. The van der Waals surface area contributed by atoms with E-state index in [1.165, 1.54) is 6.29 Å². The van der Waals surface area contributed by atoms with Crippen LogP contribution in [0.25, 0.3) is 0 Å². The maximum Gasteiger partial charge on any atom is 0.331 e. The molecule has 0 aromatic heterocycles. The lowest BCUT2D eigenvalue weighted by molar-refractivity contribution is -0.207. The Balaban J connectivity index is 1.49. The van der Waals surface area contributed by atoms with Crippen molar-refractivity contribution in [3.8, 4) is 0 Å². The molecule has 28 heavy (non-hydrogen) atoms. The highest BCUT2D eigenvalue weighted by molar-refractivity contribution is 5.85. The summed E-state index contributed by atoms with van der Waals surface area (Å²) in [6.07, 6.45) is 10.1. The van der Waals surface area contributed by atoms with E-state index in [9.17, 15) is 19.8 Å². The second-order valence-electron chi connectivity index (χ2n) is 10.4. The van der Waals surface area contributed by atoms with Crippen LogP contribution in [0.3, 0.4) is 0 Å². The monoisotopic (exact) mass is 388 g/mol. The maximum absolute atomic E-state index is 12.4. The molecule has 0 unspecified atom stereocenters. The molecule has 5 aliphatic rings. The summed E-state index contributed by atoms with van der Waals surface area (Å²) >= 11 is 0. The van der Waals surface area contributed by atoms with Crippen molar-refractivity contribution in [1.82, 2.24) is 0 Å². The van der Waals surface area contributed by atoms with Gasteiger partial charge in [0.1, 0.15) is 12.9 Å². The average Bonchev–Trinajstić information content (AvgIpc) is 3.22. The number of ether oxygens (including phenoxy) is 1. The van der Waals surface area contributed by atoms with Crippen molar-refractivity contribution in [2.45, 2.75) is 76.4 Å². The zero-order valence-electron chi connectivity index (χ0n) is 16.7. The number of cyclic esters (lactones) is 1. The first-order chi connectivity index (χ1) is 13.3. The van der Waals surface area contributed by atoms with E-state index in [2.05, 4.69) is 6.92 Å². The summed E-state index contributed by atoms with van der Waals surface area (Å²) in [7, 11) is 0. The Morgan fingerprint density at radius 2 is 1.93 bits per heavy atom. The van der Waals surface area contributed by atoms with Gasteiger partial charge in [-0.2, -0.15) is 0 Å². The lowest BCUT2D eigenvalue weighted by Gasteiger charge is -2.62. The summed E-state index contributed by atoms with van der Waals surface area (Å²) in [5.74, 6) is 0.519. The molecule has 0 aromatic carbocycles. The summed E-state index contributed by atoms with van der Waals surface area (Å²) in [5, 5.41) is 22.3. The number of hydrogen-bond donors (Lipinski definition) is 2. The van der Waals surface area contributed by atoms with Crippen LogP contribution in [-0.4, -0.2) is 40.8 Å². The van der Waals surface area contributed by atoms with Crippen LogP contribution in [0.4, 0.5) is 0 Å². The molecule has 1 aliphatic heterocycles. The number of esters is 1. The molecule has 0 aromatic rings. The number of fused-ring (bicyclic) bond motifs is 5. The van der Waals surface area contributed by atoms with Gasteiger partial charge in [0.05, 0.1) is 11.7 Å². The fourth-order valence-electron chi connectivity index (χ4n) is 8.31. The van der Waals surface area contributed by atoms with Crippen LogP contribution >= 0.6 is 0 Å². The molecule has 154 valence electrons. The van der Waals surface area contributed by atoms with Crippen LogP contribution in [-0.2, 0) is 14.3 Å². The molecule has 4 aliphatic carbocycles. The third kappa shape index (κ3) is 2.26. The summed E-state index contributed by atoms with van der Waals surface area (Å²) in [6, 6.07) is 0. The first kappa shape index (κ1) is 18.8. The number of carbonyl (C=O) groups excluding carboxylic acids is 2. The van der Waals surface area contributed by atoms with E-state index < -0.39 is 5.60 Å². The minimum absolute atomic E-state index is 0.131. The number of hydrogen-bond acceptors (Lipinski definition) is 5. The van der Waals surface area contributed by atoms with E-state index in [4.69, 9.17) is 4.74 Å². The fraction of sp³-hybridized carbons (Fsp3) is 0.826. The molecule has 5 heteroatoms. The highest BCUT2D eigenvalue weighted by Crippen LogP contribution is 2.69. The summed E-state index contributed by atoms with van der Waals surface area (Å²) in [4.78, 5) is 24.1. The van der Waals surface area contributed by atoms with E-state index in [0.717, 1.165) is 56.9 Å². The van der Waals surface area contributed by atoms with Crippen molar-refractivity contribution in [2.24, 2.45) is 34.5 Å². The fourth-order valence-corrected chi connectivity index (χ4v) is 8.31. The van der Waals surface area contributed by atoms with Crippen LogP contribution < -0.4 is 0 Å². The highest BCUT2D eigenvalue weighted by Gasteiger charge is 2.68. The number of aldehydes is 1. The molecule has 0 bridgehead atoms. The van der Waals surface area contributed by atoms with Gasteiger partial charge in [0.25, 0.3) is 0 Å². The van der Waals surface area contributed by atoms with Crippen molar-refractivity contribution in [3.05, 3.63) is 11.6 Å². The largest absolute Gasteiger partial charge is 0.458 e. The van der Waals surface area contributed by atoms with Crippen molar-refractivity contribution in [3.63, 3.8) is 0 Å². The van der Waals surface area contributed by atoms with Gasteiger partial charge in [-0.3, -0.25) is 0 Å². The third-order valence-electron chi connectivity index (χ3n) is 9.74. The Labute approximate surface area is 166 Å². The quantitative estimate of drug-likeness (QED) is 0.561. The lowest BCUT2D eigenvalue weighted by Crippen LogP contribution is -2.63. The molecule has 0 amide bonds. The number of carbonyl (C=O) groups is 2. The first-order valence-corrected chi connectivity index (χ1v) is 11.1. The number of aliphatic hydroxyl groups is 2. The smallest absolute Gasteiger partial charge is 0.331 e. The van der Waals surface area contributed by atoms with E-state index >= 15 is 0 Å². The Hall–Kier alpha value is -1.20. The second kappa shape index (κ2) is 6.15. The SMILES string of the molecule is C[C@]12CC[C@H]3[C@@H](CC[C@H]4C[C@@H](O)CC[C@@]43C=O)[C@]1(O)CC[C@@H]2C1=CC(=O)OC1. The van der Waals surface area contributed by atoms with E-state index in [1.54, 1.807) is 6.08 Å². The average molecular weight is 389 g/mol. The van der Waals surface area contributed by atoms with E-state index in [0.29, 0.717) is 13.0 Å².